The topological polar surface area (TPSA) is 18.5 Å². The van der Waals surface area contributed by atoms with Crippen molar-refractivity contribution in [2.45, 2.75) is 27.1 Å². The van der Waals surface area contributed by atoms with Gasteiger partial charge in [0.25, 0.3) is 0 Å². The predicted octanol–water partition coefficient (Wildman–Crippen LogP) is 4.80. The number of ether oxygens (including phenoxy) is 2. The van der Waals surface area contributed by atoms with Crippen LogP contribution in [0, 0.1) is 28.1 Å². The Kier molecular flexibility index (Phi) is 8.92. The molecule has 4 aromatic carbocycles. The fourth-order valence-electron chi connectivity index (χ4n) is 3.23. The van der Waals surface area contributed by atoms with Gasteiger partial charge in [-0.05, 0) is 131 Å². The Morgan fingerprint density at radius 3 is 1.33 bits per heavy atom. The minimum atomic E-state index is -0.269. The molecule has 0 spiro atoms. The van der Waals surface area contributed by atoms with Crippen LogP contribution in [0.3, 0.4) is 0 Å². The summed E-state index contributed by atoms with van der Waals surface area (Å²) >= 11 is 4.37. The second-order valence-electron chi connectivity index (χ2n) is 7.75. The Balaban J connectivity index is 1.36. The average molecular weight is 773 g/mol. The third kappa shape index (κ3) is 7.32. The molecule has 0 saturated carbocycles. The molecule has 168 valence electrons. The molecule has 0 radical (unpaired) electrons. The van der Waals surface area contributed by atoms with E-state index in [1.807, 2.05) is 0 Å². The van der Waals surface area contributed by atoms with E-state index < -0.39 is 0 Å². The largest absolute Gasteiger partial charge is 0.489 e. The van der Waals surface area contributed by atoms with Gasteiger partial charge in [0.1, 0.15) is 24.7 Å². The van der Waals surface area contributed by atoms with Crippen molar-refractivity contribution in [2.24, 2.45) is 0 Å². The van der Waals surface area contributed by atoms with E-state index >= 15 is 0 Å². The van der Waals surface area contributed by atoms with Gasteiger partial charge >= 0.3 is 21.2 Å². The summed E-state index contributed by atoms with van der Waals surface area (Å²) in [7, 11) is 0. The van der Waals surface area contributed by atoms with Crippen molar-refractivity contribution >= 4 is 45.2 Å². The summed E-state index contributed by atoms with van der Waals surface area (Å²) in [6, 6.07) is 29.9. The summed E-state index contributed by atoms with van der Waals surface area (Å²) in [4.78, 5) is 0. The maximum absolute atomic E-state index is 6.02. The molecule has 0 amide bonds. The van der Waals surface area contributed by atoms with E-state index in [0.29, 0.717) is 13.2 Å². The highest BCUT2D eigenvalue weighted by Crippen LogP contribution is 2.17. The lowest BCUT2D eigenvalue weighted by molar-refractivity contribution is -0.598. The summed E-state index contributed by atoms with van der Waals surface area (Å²) in [5.41, 5.74) is 4.96. The molecule has 4 rings (SSSR count). The van der Waals surface area contributed by atoms with Gasteiger partial charge in [0, 0.05) is 18.3 Å². The molecule has 0 N–H and O–H groups in total. The molecule has 0 unspecified atom stereocenters. The van der Waals surface area contributed by atoms with Crippen LogP contribution in [0.1, 0.15) is 22.3 Å². The van der Waals surface area contributed by atoms with Crippen LogP contribution < -0.4 is 30.7 Å². The van der Waals surface area contributed by atoms with Crippen molar-refractivity contribution in [1.82, 2.24) is 0 Å². The lowest BCUT2D eigenvalue weighted by Gasteiger charge is -2.08. The second-order valence-corrected chi connectivity index (χ2v) is 13.1. The molecule has 0 aliphatic rings. The smallest absolute Gasteiger partial charge is 0.358 e. The molecule has 0 aliphatic heterocycles. The highest BCUT2D eigenvalue weighted by Gasteiger charge is 2.21. The molecule has 0 heterocycles. The first-order valence-electron chi connectivity index (χ1n) is 10.6. The Morgan fingerprint density at radius 2 is 0.970 bits per heavy atom. The summed E-state index contributed by atoms with van der Waals surface area (Å²) in [6.45, 7) is 5.54. The van der Waals surface area contributed by atoms with Crippen molar-refractivity contribution in [3.05, 3.63) is 121 Å². The SMILES string of the molecule is Cc1cc(OCc2ccc(I)cc2)ccc1[I+]c1ccc(OCc2ccc(I)cc2)cc1C. The standard InChI is InChI=1S/C28H24I3O2/c1-19-15-25(32-17-21-3-7-23(29)8-4-21)11-13-27(19)31-28-14-12-26(16-20(28)2)33-18-22-5-9-24(30)10-6-22/h3-16H,17-18H2,1-2H3/q+1. The van der Waals surface area contributed by atoms with Crippen molar-refractivity contribution in [1.29, 1.82) is 0 Å². The van der Waals surface area contributed by atoms with Gasteiger partial charge in [-0.15, -0.1) is 0 Å². The molecular formula is C28H24I3O2+. The van der Waals surface area contributed by atoms with Crippen LogP contribution in [-0.4, -0.2) is 0 Å². The van der Waals surface area contributed by atoms with Crippen LogP contribution in [0.5, 0.6) is 11.5 Å². The fraction of sp³-hybridized carbons (Fsp3) is 0.143. The van der Waals surface area contributed by atoms with E-state index in [9.17, 15) is 0 Å². The first kappa shape index (κ1) is 24.8. The summed E-state index contributed by atoms with van der Waals surface area (Å²) in [5.74, 6) is 1.85. The van der Waals surface area contributed by atoms with Gasteiger partial charge in [-0.3, -0.25) is 0 Å². The van der Waals surface area contributed by atoms with Gasteiger partial charge in [0.05, 0.1) is 0 Å². The highest BCUT2D eigenvalue weighted by atomic mass is 127. The molecular weight excluding hydrogens is 749 g/mol. The van der Waals surface area contributed by atoms with E-state index in [-0.39, 0.29) is 21.2 Å². The van der Waals surface area contributed by atoms with Gasteiger partial charge < -0.3 is 9.47 Å². The van der Waals surface area contributed by atoms with Crippen LogP contribution in [0.4, 0.5) is 0 Å². The van der Waals surface area contributed by atoms with E-state index in [0.717, 1.165) is 11.5 Å². The molecule has 0 atom stereocenters. The monoisotopic (exact) mass is 773 g/mol. The molecule has 4 aromatic rings. The van der Waals surface area contributed by atoms with E-state index in [1.165, 1.54) is 36.5 Å². The summed E-state index contributed by atoms with van der Waals surface area (Å²) in [6.07, 6.45) is 0. The average Bonchev–Trinajstić information content (AvgIpc) is 2.81. The Hall–Kier alpha value is -1.33. The number of hydrogen-bond donors (Lipinski definition) is 0. The third-order valence-electron chi connectivity index (χ3n) is 5.10. The van der Waals surface area contributed by atoms with Gasteiger partial charge in [-0.2, -0.15) is 0 Å². The number of halogens is 3. The van der Waals surface area contributed by atoms with Crippen molar-refractivity contribution < 1.29 is 30.7 Å². The van der Waals surface area contributed by atoms with Gasteiger partial charge in [-0.25, -0.2) is 0 Å². The molecule has 2 nitrogen and oxygen atoms in total. The van der Waals surface area contributed by atoms with Crippen LogP contribution in [0.2, 0.25) is 0 Å². The highest BCUT2D eigenvalue weighted by molar-refractivity contribution is 14.1. The molecule has 33 heavy (non-hydrogen) atoms. The minimum absolute atomic E-state index is 0.269. The van der Waals surface area contributed by atoms with Gasteiger partial charge in [0.15, 0.2) is 7.14 Å². The van der Waals surface area contributed by atoms with Crippen LogP contribution in [0.25, 0.3) is 0 Å². The number of hydrogen-bond acceptors (Lipinski definition) is 2. The summed E-state index contributed by atoms with van der Waals surface area (Å²) < 4.78 is 17.4. The molecule has 0 bridgehead atoms. The Bertz CT molecular complexity index is 1120. The van der Waals surface area contributed by atoms with Crippen molar-refractivity contribution in [2.75, 3.05) is 0 Å². The second kappa shape index (κ2) is 11.9. The first-order chi connectivity index (χ1) is 16.0. The number of aryl methyl sites for hydroxylation is 2. The van der Waals surface area contributed by atoms with Crippen LogP contribution in [-0.2, 0) is 13.2 Å². The zero-order valence-corrected chi connectivity index (χ0v) is 24.9. The van der Waals surface area contributed by atoms with E-state index in [1.54, 1.807) is 0 Å². The van der Waals surface area contributed by atoms with Crippen molar-refractivity contribution in [3.63, 3.8) is 0 Å². The first-order valence-corrected chi connectivity index (χ1v) is 14.9. The molecule has 0 aliphatic carbocycles. The lowest BCUT2D eigenvalue weighted by atomic mass is 10.2. The Labute approximate surface area is 233 Å². The fourth-order valence-corrected chi connectivity index (χ4v) is 6.46. The Morgan fingerprint density at radius 1 is 0.576 bits per heavy atom. The van der Waals surface area contributed by atoms with Crippen LogP contribution >= 0.6 is 45.2 Å². The molecule has 5 heteroatoms. The maximum atomic E-state index is 6.02. The third-order valence-corrected chi connectivity index (χ3v) is 10.1. The normalized spacial score (nSPS) is 10.8. The van der Waals surface area contributed by atoms with E-state index in [4.69, 9.17) is 9.47 Å². The zero-order valence-electron chi connectivity index (χ0n) is 18.4. The van der Waals surface area contributed by atoms with Gasteiger partial charge in [-0.1, -0.05) is 24.3 Å². The van der Waals surface area contributed by atoms with Crippen molar-refractivity contribution in [3.8, 4) is 11.5 Å². The quantitative estimate of drug-likeness (QED) is 0.240. The molecule has 0 fully saturated rings. The number of rotatable bonds is 8. The van der Waals surface area contributed by atoms with Crippen LogP contribution in [0.15, 0.2) is 84.9 Å². The predicted molar refractivity (Wildman–Crippen MR) is 147 cm³/mol. The molecule has 0 aromatic heterocycles. The van der Waals surface area contributed by atoms with Gasteiger partial charge in [0.2, 0.25) is 0 Å². The lowest BCUT2D eigenvalue weighted by Crippen LogP contribution is -3.62. The summed E-state index contributed by atoms with van der Waals surface area (Å²) in [5, 5.41) is 0. The van der Waals surface area contributed by atoms with E-state index in [2.05, 4.69) is 144 Å². The molecule has 0 saturated heterocycles. The zero-order chi connectivity index (χ0) is 23.2. The number of benzene rings is 4. The minimum Gasteiger partial charge on any atom is -0.489 e. The maximum Gasteiger partial charge on any atom is 0.358 e.